The molecule has 0 radical (unpaired) electrons. The van der Waals surface area contributed by atoms with E-state index in [4.69, 9.17) is 9.15 Å². The van der Waals surface area contributed by atoms with Crippen LogP contribution in [0, 0.1) is 0 Å². The Hall–Kier alpha value is -1.47. The van der Waals surface area contributed by atoms with E-state index in [-0.39, 0.29) is 12.5 Å². The zero-order chi connectivity index (χ0) is 13.9. The summed E-state index contributed by atoms with van der Waals surface area (Å²) in [5.41, 5.74) is -1.13. The van der Waals surface area contributed by atoms with Crippen molar-refractivity contribution in [3.05, 3.63) is 24.2 Å². The van der Waals surface area contributed by atoms with Gasteiger partial charge in [-0.1, -0.05) is 0 Å². The fourth-order valence-electron chi connectivity index (χ4n) is 1.95. The Balaban J connectivity index is 2.04. The summed E-state index contributed by atoms with van der Waals surface area (Å²) >= 11 is 4.01. The van der Waals surface area contributed by atoms with Gasteiger partial charge in [-0.25, -0.2) is 4.79 Å². The Kier molecular flexibility index (Phi) is 4.16. The molecule has 0 bridgehead atoms. The lowest BCUT2D eigenvalue weighted by Gasteiger charge is -2.18. The van der Waals surface area contributed by atoms with E-state index in [1.54, 1.807) is 19.1 Å². The van der Waals surface area contributed by atoms with E-state index in [0.29, 0.717) is 24.7 Å². The van der Waals surface area contributed by atoms with Crippen LogP contribution in [0.5, 0.6) is 0 Å². The highest BCUT2D eigenvalue weighted by Gasteiger charge is 2.50. The number of nitrogens with one attached hydrogen (secondary N) is 1. The molecule has 1 aromatic heterocycles. The Morgan fingerprint density at radius 2 is 2.26 bits per heavy atom. The highest BCUT2D eigenvalue weighted by atomic mass is 32.1. The van der Waals surface area contributed by atoms with Crippen molar-refractivity contribution in [1.29, 1.82) is 0 Å². The lowest BCUT2D eigenvalue weighted by atomic mass is 9.99. The van der Waals surface area contributed by atoms with Crippen LogP contribution in [-0.4, -0.2) is 42.3 Å². The van der Waals surface area contributed by atoms with Gasteiger partial charge in [0.15, 0.2) is 5.54 Å². The average molecular weight is 284 g/mol. The number of urea groups is 1. The molecule has 19 heavy (non-hydrogen) atoms. The third-order valence-corrected chi connectivity index (χ3v) is 3.17. The first-order valence-corrected chi connectivity index (χ1v) is 6.59. The topological polar surface area (TPSA) is 71.8 Å². The van der Waals surface area contributed by atoms with Crippen molar-refractivity contribution in [1.82, 2.24) is 10.2 Å². The molecule has 0 spiro atoms. The number of nitrogens with zero attached hydrogens (tertiary/aromatic N) is 1. The number of thiol groups is 1. The summed E-state index contributed by atoms with van der Waals surface area (Å²) in [7, 11) is 0. The zero-order valence-electron chi connectivity index (χ0n) is 10.6. The van der Waals surface area contributed by atoms with Gasteiger partial charge in [0.05, 0.1) is 26.0 Å². The van der Waals surface area contributed by atoms with E-state index in [2.05, 4.69) is 17.9 Å². The normalized spacial score (nSPS) is 22.9. The molecule has 2 heterocycles. The maximum absolute atomic E-state index is 12.3. The van der Waals surface area contributed by atoms with Crippen LogP contribution in [-0.2, 0) is 15.1 Å². The number of carbonyl (C=O) groups excluding carboxylic acids is 2. The molecule has 3 amide bonds. The average Bonchev–Trinajstić information content (AvgIpc) is 2.97. The van der Waals surface area contributed by atoms with Gasteiger partial charge < -0.3 is 14.5 Å². The van der Waals surface area contributed by atoms with Crippen molar-refractivity contribution in [2.24, 2.45) is 0 Å². The number of imide groups is 1. The summed E-state index contributed by atoms with van der Waals surface area (Å²) in [6, 6.07) is 2.91. The molecule has 0 saturated carbocycles. The van der Waals surface area contributed by atoms with Gasteiger partial charge in [0.2, 0.25) is 0 Å². The maximum atomic E-state index is 12.3. The molecular formula is C12H16N2O4S. The molecule has 1 aromatic rings. The van der Waals surface area contributed by atoms with Gasteiger partial charge in [0.25, 0.3) is 5.91 Å². The van der Waals surface area contributed by atoms with Gasteiger partial charge >= 0.3 is 6.03 Å². The molecule has 1 aliphatic rings. The molecule has 2 rings (SSSR count). The molecule has 0 aliphatic carbocycles. The third kappa shape index (κ3) is 2.62. The number of ether oxygens (including phenoxy) is 1. The summed E-state index contributed by atoms with van der Waals surface area (Å²) in [6.45, 7) is 2.63. The quantitative estimate of drug-likeness (QED) is 0.464. The van der Waals surface area contributed by atoms with Crippen molar-refractivity contribution in [3.8, 4) is 0 Å². The predicted octanol–water partition coefficient (Wildman–Crippen LogP) is 0.993. The minimum Gasteiger partial charge on any atom is -0.466 e. The molecule has 1 aliphatic heterocycles. The highest BCUT2D eigenvalue weighted by molar-refractivity contribution is 7.80. The van der Waals surface area contributed by atoms with Crippen molar-refractivity contribution in [3.63, 3.8) is 0 Å². The summed E-state index contributed by atoms with van der Waals surface area (Å²) in [5, 5.41) is 2.65. The molecule has 1 atom stereocenters. The second-order valence-corrected chi connectivity index (χ2v) is 4.77. The summed E-state index contributed by atoms with van der Waals surface area (Å²) < 4.78 is 10.5. The van der Waals surface area contributed by atoms with Crippen LogP contribution < -0.4 is 5.32 Å². The molecule has 1 fully saturated rings. The first-order chi connectivity index (χ1) is 9.09. The van der Waals surface area contributed by atoms with Gasteiger partial charge in [-0.05, 0) is 19.1 Å². The summed E-state index contributed by atoms with van der Waals surface area (Å²) in [5.74, 6) is 0.691. The van der Waals surface area contributed by atoms with Gasteiger partial charge in [0.1, 0.15) is 5.76 Å². The van der Waals surface area contributed by atoms with E-state index in [1.165, 1.54) is 6.26 Å². The maximum Gasteiger partial charge on any atom is 0.325 e. The second kappa shape index (κ2) is 5.66. The fraction of sp³-hybridized carbons (Fsp3) is 0.500. The Labute approximate surface area is 116 Å². The lowest BCUT2D eigenvalue weighted by molar-refractivity contribution is -0.132. The van der Waals surface area contributed by atoms with E-state index in [0.717, 1.165) is 4.90 Å². The van der Waals surface area contributed by atoms with Gasteiger partial charge in [-0.2, -0.15) is 12.6 Å². The van der Waals surface area contributed by atoms with Crippen LogP contribution in [0.4, 0.5) is 4.79 Å². The van der Waals surface area contributed by atoms with Crippen molar-refractivity contribution in [2.45, 2.75) is 12.5 Å². The van der Waals surface area contributed by atoms with Crippen LogP contribution >= 0.6 is 12.6 Å². The Bertz CT molecular complexity index is 462. The molecule has 1 saturated heterocycles. The van der Waals surface area contributed by atoms with E-state index >= 15 is 0 Å². The highest BCUT2D eigenvalue weighted by Crippen LogP contribution is 2.28. The van der Waals surface area contributed by atoms with Crippen LogP contribution in [0.15, 0.2) is 22.8 Å². The number of hydrogen-bond acceptors (Lipinski definition) is 5. The van der Waals surface area contributed by atoms with Gasteiger partial charge in [0, 0.05) is 5.75 Å². The zero-order valence-corrected chi connectivity index (χ0v) is 11.5. The van der Waals surface area contributed by atoms with Crippen LogP contribution in [0.25, 0.3) is 0 Å². The third-order valence-electron chi connectivity index (χ3n) is 2.98. The number of rotatable bonds is 6. The van der Waals surface area contributed by atoms with Crippen LogP contribution in [0.1, 0.15) is 12.7 Å². The molecule has 1 N–H and O–H groups in total. The number of amides is 3. The van der Waals surface area contributed by atoms with Crippen LogP contribution in [0.2, 0.25) is 0 Å². The summed E-state index contributed by atoms with van der Waals surface area (Å²) in [6.07, 6.45) is 1.47. The first-order valence-electron chi connectivity index (χ1n) is 5.96. The second-order valence-electron chi connectivity index (χ2n) is 4.33. The van der Waals surface area contributed by atoms with E-state index in [1.807, 2.05) is 0 Å². The minimum atomic E-state index is -1.13. The molecule has 7 heteroatoms. The van der Waals surface area contributed by atoms with Gasteiger partial charge in [-0.3, -0.25) is 9.69 Å². The molecule has 6 nitrogen and oxygen atoms in total. The smallest absolute Gasteiger partial charge is 0.325 e. The molecular weight excluding hydrogens is 268 g/mol. The monoisotopic (exact) mass is 284 g/mol. The van der Waals surface area contributed by atoms with Crippen molar-refractivity contribution in [2.75, 3.05) is 25.5 Å². The molecule has 1 unspecified atom stereocenters. The standard InChI is InChI=1S/C12H16N2O4S/c1-12(9-3-2-5-18-9)10(15)14(11(16)13-12)4-6-17-7-8-19/h2-3,5,19H,4,6-8H2,1H3,(H,13,16). The SMILES string of the molecule is CC1(c2ccco2)NC(=O)N(CCOCCS)C1=O. The van der Waals surface area contributed by atoms with Crippen molar-refractivity contribution < 1.29 is 18.7 Å². The van der Waals surface area contributed by atoms with E-state index in [9.17, 15) is 9.59 Å². The summed E-state index contributed by atoms with van der Waals surface area (Å²) in [4.78, 5) is 25.3. The number of carbonyl (C=O) groups is 2. The van der Waals surface area contributed by atoms with Gasteiger partial charge in [-0.15, -0.1) is 0 Å². The molecule has 0 aromatic carbocycles. The Morgan fingerprint density at radius 3 is 2.89 bits per heavy atom. The Morgan fingerprint density at radius 1 is 1.47 bits per heavy atom. The van der Waals surface area contributed by atoms with Crippen LogP contribution in [0.3, 0.4) is 0 Å². The number of furan rings is 1. The van der Waals surface area contributed by atoms with E-state index < -0.39 is 11.6 Å². The fourth-order valence-corrected chi connectivity index (χ4v) is 2.08. The largest absolute Gasteiger partial charge is 0.466 e. The number of hydrogen-bond donors (Lipinski definition) is 2. The van der Waals surface area contributed by atoms with Crippen molar-refractivity contribution >= 4 is 24.6 Å². The first kappa shape index (κ1) is 14.0. The minimum absolute atomic E-state index is 0.217. The molecule has 104 valence electrons. The lowest BCUT2D eigenvalue weighted by Crippen LogP contribution is -2.40. The predicted molar refractivity (Wildman–Crippen MR) is 71.0 cm³/mol.